The van der Waals surface area contributed by atoms with Gasteiger partial charge in [0.1, 0.15) is 0 Å². The van der Waals surface area contributed by atoms with Crippen molar-refractivity contribution >= 4 is 23.1 Å². The summed E-state index contributed by atoms with van der Waals surface area (Å²) in [5.41, 5.74) is 15.3. The smallest absolute Gasteiger partial charge is 0.0443 e. The van der Waals surface area contributed by atoms with Crippen LogP contribution in [0, 0.1) is 23.2 Å². The molecule has 2 nitrogen and oxygen atoms in total. The van der Waals surface area contributed by atoms with Crippen molar-refractivity contribution in [2.75, 3.05) is 22.9 Å². The minimum atomic E-state index is 0.0980. The van der Waals surface area contributed by atoms with Gasteiger partial charge in [-0.2, -0.15) is 0 Å². The van der Waals surface area contributed by atoms with Crippen LogP contribution in [-0.4, -0.2) is 13.1 Å². The van der Waals surface area contributed by atoms with Crippen LogP contribution in [-0.2, 0) is 12.8 Å². The van der Waals surface area contributed by atoms with E-state index in [4.69, 9.17) is 0 Å². The number of allylic oxidation sites excluding steroid dienone is 8. The summed E-state index contributed by atoms with van der Waals surface area (Å²) < 4.78 is 0. The molecule has 1 fully saturated rings. The number of hydrogen-bond acceptors (Lipinski definition) is 2. The molecule has 2 heteroatoms. The van der Waals surface area contributed by atoms with Crippen LogP contribution in [0.1, 0.15) is 49.8 Å². The number of anilines is 3. The van der Waals surface area contributed by atoms with Crippen molar-refractivity contribution in [1.82, 2.24) is 0 Å². The first-order valence-electron chi connectivity index (χ1n) is 18.5. The van der Waals surface area contributed by atoms with Crippen LogP contribution < -0.4 is 9.80 Å². The van der Waals surface area contributed by atoms with Crippen LogP contribution in [0.3, 0.4) is 0 Å². The van der Waals surface area contributed by atoms with Crippen molar-refractivity contribution in [2.24, 2.45) is 23.2 Å². The second-order valence-corrected chi connectivity index (χ2v) is 15.2. The van der Waals surface area contributed by atoms with Crippen molar-refractivity contribution in [3.63, 3.8) is 0 Å². The van der Waals surface area contributed by atoms with Gasteiger partial charge in [0, 0.05) is 41.8 Å². The lowest BCUT2D eigenvalue weighted by molar-refractivity contribution is 0.330. The summed E-state index contributed by atoms with van der Waals surface area (Å²) in [6.45, 7) is 7.11. The van der Waals surface area contributed by atoms with E-state index in [1.807, 2.05) is 0 Å². The van der Waals surface area contributed by atoms with Gasteiger partial charge >= 0.3 is 0 Å². The van der Waals surface area contributed by atoms with Crippen LogP contribution >= 0.6 is 0 Å². The molecular formula is C47H46N2. The predicted molar refractivity (Wildman–Crippen MR) is 207 cm³/mol. The Morgan fingerprint density at radius 3 is 2.20 bits per heavy atom. The second-order valence-electron chi connectivity index (χ2n) is 15.2. The number of benzene rings is 4. The zero-order valence-electron chi connectivity index (χ0n) is 28.9. The van der Waals surface area contributed by atoms with Gasteiger partial charge in [-0.1, -0.05) is 123 Å². The summed E-state index contributed by atoms with van der Waals surface area (Å²) in [5.74, 6) is 1.38. The second kappa shape index (κ2) is 12.3. The maximum absolute atomic E-state index is 2.60. The molecule has 2 heterocycles. The fourth-order valence-electron chi connectivity index (χ4n) is 9.25. The van der Waals surface area contributed by atoms with Gasteiger partial charge in [-0.15, -0.1) is 0 Å². The normalized spacial score (nSPS) is 23.6. The third kappa shape index (κ3) is 5.42. The number of nitrogens with zero attached hydrogens (tertiary/aromatic N) is 2. The Balaban J connectivity index is 0.911. The van der Waals surface area contributed by atoms with Crippen molar-refractivity contribution in [3.05, 3.63) is 167 Å². The highest BCUT2D eigenvalue weighted by molar-refractivity contribution is 5.75. The molecule has 244 valence electrons. The Morgan fingerprint density at radius 1 is 0.714 bits per heavy atom. The Bertz CT molecular complexity index is 2050. The fourth-order valence-corrected chi connectivity index (χ4v) is 9.25. The van der Waals surface area contributed by atoms with Gasteiger partial charge in [-0.05, 0) is 119 Å². The molecule has 3 unspecified atom stereocenters. The maximum atomic E-state index is 2.60. The highest BCUT2D eigenvalue weighted by Crippen LogP contribution is 2.58. The summed E-state index contributed by atoms with van der Waals surface area (Å²) >= 11 is 0. The van der Waals surface area contributed by atoms with Crippen molar-refractivity contribution in [1.29, 1.82) is 0 Å². The van der Waals surface area contributed by atoms with E-state index in [0.717, 1.165) is 19.5 Å². The van der Waals surface area contributed by atoms with Gasteiger partial charge in [0.2, 0.25) is 0 Å². The number of para-hydroxylation sites is 2. The minimum Gasteiger partial charge on any atom is -0.342 e. The molecule has 4 aromatic carbocycles. The molecule has 0 aromatic heterocycles. The number of fused-ring (bicyclic) bond motifs is 5. The first-order valence-corrected chi connectivity index (χ1v) is 18.5. The summed E-state index contributed by atoms with van der Waals surface area (Å²) in [5, 5.41) is 0. The van der Waals surface area contributed by atoms with E-state index in [2.05, 4.69) is 163 Å². The molecule has 0 saturated heterocycles. The highest BCUT2D eigenvalue weighted by atomic mass is 15.2. The molecule has 1 saturated carbocycles. The molecule has 49 heavy (non-hydrogen) atoms. The zero-order chi connectivity index (χ0) is 33.0. The van der Waals surface area contributed by atoms with Gasteiger partial charge in [0.15, 0.2) is 0 Å². The van der Waals surface area contributed by atoms with E-state index < -0.39 is 0 Å². The summed E-state index contributed by atoms with van der Waals surface area (Å²) in [4.78, 5) is 5.05. The van der Waals surface area contributed by atoms with E-state index >= 15 is 0 Å². The Kier molecular flexibility index (Phi) is 7.57. The average Bonchev–Trinajstić information content (AvgIpc) is 3.38. The van der Waals surface area contributed by atoms with E-state index in [0.29, 0.717) is 17.8 Å². The molecule has 0 radical (unpaired) electrons. The van der Waals surface area contributed by atoms with Crippen LogP contribution in [0.5, 0.6) is 0 Å². The van der Waals surface area contributed by atoms with Crippen molar-refractivity contribution in [3.8, 4) is 11.1 Å². The Morgan fingerprint density at radius 2 is 1.43 bits per heavy atom. The average molecular weight is 639 g/mol. The molecule has 0 bridgehead atoms. The molecule has 3 atom stereocenters. The molecule has 0 N–H and O–H groups in total. The standard InChI is InChI=1S/C47H46N2/c1-47(2)43-30-34(22-26-41(43)42-27-25-40(32-44(42)47)49-29-9-14-37-11-4-6-17-46(37)49)19-18-33-20-23-35(24-21-33)38-12-7-15-39(31-38)48-28-8-13-36-10-3-5-16-45(36)48/h3-7,10-12,15-21,23-27,30-32,34,42,44H,8-9,13-14,22,28-29H2,1-2H3/b19-18+. The molecule has 0 spiro atoms. The Hall–Kier alpha value is -4.82. The van der Waals surface area contributed by atoms with E-state index in [1.54, 1.807) is 11.1 Å². The molecule has 3 aliphatic carbocycles. The lowest BCUT2D eigenvalue weighted by Gasteiger charge is -2.36. The number of aryl methyl sites for hydroxylation is 2. The number of hydrogen-bond donors (Lipinski definition) is 0. The summed E-state index contributed by atoms with van der Waals surface area (Å²) in [7, 11) is 0. The van der Waals surface area contributed by atoms with Crippen molar-refractivity contribution < 1.29 is 0 Å². The third-order valence-corrected chi connectivity index (χ3v) is 11.9. The molecule has 4 aromatic rings. The first-order chi connectivity index (χ1) is 24.0. The lowest BCUT2D eigenvalue weighted by Crippen LogP contribution is -2.31. The highest BCUT2D eigenvalue weighted by Gasteiger charge is 2.48. The van der Waals surface area contributed by atoms with E-state index in [1.165, 1.54) is 76.3 Å². The van der Waals surface area contributed by atoms with Gasteiger partial charge < -0.3 is 9.80 Å². The third-order valence-electron chi connectivity index (χ3n) is 11.9. The van der Waals surface area contributed by atoms with E-state index in [9.17, 15) is 0 Å². The minimum absolute atomic E-state index is 0.0980. The van der Waals surface area contributed by atoms with E-state index in [-0.39, 0.29) is 5.41 Å². The number of rotatable bonds is 5. The Labute approximate surface area is 292 Å². The molecular weight excluding hydrogens is 593 g/mol. The summed E-state index contributed by atoms with van der Waals surface area (Å²) in [6.07, 6.45) is 23.2. The van der Waals surface area contributed by atoms with Crippen LogP contribution in [0.2, 0.25) is 0 Å². The largest absolute Gasteiger partial charge is 0.342 e. The first kappa shape index (κ1) is 30.3. The maximum Gasteiger partial charge on any atom is 0.0443 e. The van der Waals surface area contributed by atoms with Crippen molar-refractivity contribution in [2.45, 2.75) is 46.0 Å². The quantitative estimate of drug-likeness (QED) is 0.215. The predicted octanol–water partition coefficient (Wildman–Crippen LogP) is 11.5. The summed E-state index contributed by atoms with van der Waals surface area (Å²) in [6, 6.07) is 36.0. The van der Waals surface area contributed by atoms with Gasteiger partial charge in [-0.25, -0.2) is 0 Å². The molecule has 2 aliphatic heterocycles. The van der Waals surface area contributed by atoms with Gasteiger partial charge in [-0.3, -0.25) is 0 Å². The molecule has 9 rings (SSSR count). The fraction of sp³-hybridized carbons (Fsp3) is 0.277. The molecule has 5 aliphatic rings. The molecule has 0 amide bonds. The van der Waals surface area contributed by atoms with Gasteiger partial charge in [0.05, 0.1) is 0 Å². The topological polar surface area (TPSA) is 6.48 Å². The van der Waals surface area contributed by atoms with Crippen LogP contribution in [0.4, 0.5) is 17.1 Å². The lowest BCUT2D eigenvalue weighted by atomic mass is 9.74. The van der Waals surface area contributed by atoms with Crippen LogP contribution in [0.25, 0.3) is 17.2 Å². The SMILES string of the molecule is CC1(C)C2=CC(/C=C/c3ccc(-c4cccc(N5CCCc6ccccc65)c4)cc3)CC=C2C2C=CC(N3CCCc4ccccc43)=CC21. The van der Waals surface area contributed by atoms with Gasteiger partial charge in [0.25, 0.3) is 0 Å². The zero-order valence-corrected chi connectivity index (χ0v) is 28.9. The van der Waals surface area contributed by atoms with Crippen LogP contribution in [0.15, 0.2) is 150 Å². The monoisotopic (exact) mass is 638 g/mol.